The Morgan fingerprint density at radius 2 is 2.05 bits per heavy atom. The molecule has 1 saturated carbocycles. The minimum Gasteiger partial charge on any atom is -0.338 e. The van der Waals surface area contributed by atoms with Crippen LogP contribution in [-0.2, 0) is 6.42 Å². The first-order valence-corrected chi connectivity index (χ1v) is 9.00. The molecule has 124 valence electrons. The van der Waals surface area contributed by atoms with Crippen LogP contribution in [-0.4, -0.2) is 48.6 Å². The molecule has 0 aromatic carbocycles. The van der Waals surface area contributed by atoms with Crippen LogP contribution < -0.4 is 10.6 Å². The van der Waals surface area contributed by atoms with E-state index in [2.05, 4.69) is 34.6 Å². The van der Waals surface area contributed by atoms with Gasteiger partial charge in [-0.1, -0.05) is 19.3 Å². The Morgan fingerprint density at radius 1 is 1.32 bits per heavy atom. The van der Waals surface area contributed by atoms with Gasteiger partial charge in [-0.15, -0.1) is 11.3 Å². The number of carbonyl (C=O) groups is 1. The van der Waals surface area contributed by atoms with Crippen molar-refractivity contribution in [2.24, 2.45) is 0 Å². The van der Waals surface area contributed by atoms with Gasteiger partial charge in [0.1, 0.15) is 0 Å². The topological polar surface area (TPSA) is 57.3 Å². The molecule has 1 aliphatic rings. The van der Waals surface area contributed by atoms with Crippen molar-refractivity contribution in [2.75, 3.05) is 27.2 Å². The lowest BCUT2D eigenvalue weighted by molar-refractivity contribution is 0.101. The molecule has 1 fully saturated rings. The van der Waals surface area contributed by atoms with Crippen molar-refractivity contribution in [3.63, 3.8) is 0 Å². The average molecular weight is 324 g/mol. The summed E-state index contributed by atoms with van der Waals surface area (Å²) in [5.74, 6) is 0. The zero-order chi connectivity index (χ0) is 16.0. The van der Waals surface area contributed by atoms with E-state index in [9.17, 15) is 4.79 Å². The largest absolute Gasteiger partial charge is 0.338 e. The summed E-state index contributed by atoms with van der Waals surface area (Å²) in [7, 11) is 4.24. The van der Waals surface area contributed by atoms with Crippen LogP contribution in [0.5, 0.6) is 0 Å². The molecule has 0 saturated heterocycles. The lowest BCUT2D eigenvalue weighted by Gasteiger charge is -2.43. The Labute approximate surface area is 137 Å². The van der Waals surface area contributed by atoms with E-state index in [1.54, 1.807) is 11.3 Å². The normalized spacial score (nSPS) is 17.5. The summed E-state index contributed by atoms with van der Waals surface area (Å²) in [4.78, 5) is 18.7. The quantitative estimate of drug-likeness (QED) is 0.845. The van der Waals surface area contributed by atoms with E-state index in [0.717, 1.165) is 23.7 Å². The van der Waals surface area contributed by atoms with Crippen LogP contribution >= 0.6 is 11.3 Å². The minimum atomic E-state index is -0.0694. The molecule has 5 nitrogen and oxygen atoms in total. The number of aromatic nitrogens is 1. The van der Waals surface area contributed by atoms with Crippen LogP contribution in [0.1, 0.15) is 42.8 Å². The average Bonchev–Trinajstić information content (AvgIpc) is 2.91. The predicted octanol–water partition coefficient (Wildman–Crippen LogP) is 2.56. The van der Waals surface area contributed by atoms with Crippen molar-refractivity contribution < 1.29 is 4.79 Å². The van der Waals surface area contributed by atoms with Crippen molar-refractivity contribution in [1.82, 2.24) is 20.5 Å². The molecule has 2 N–H and O–H groups in total. The fourth-order valence-corrected chi connectivity index (χ4v) is 3.88. The van der Waals surface area contributed by atoms with Gasteiger partial charge in [-0.05, 0) is 33.9 Å². The number of likely N-dealkylation sites (N-methyl/N-ethyl adjacent to an activating group) is 1. The van der Waals surface area contributed by atoms with Crippen LogP contribution in [0.15, 0.2) is 5.38 Å². The number of aryl methyl sites for hydroxylation is 1. The predicted molar refractivity (Wildman–Crippen MR) is 91.5 cm³/mol. The first-order valence-electron chi connectivity index (χ1n) is 8.12. The molecule has 2 rings (SSSR count). The molecule has 1 aromatic rings. The number of nitrogens with zero attached hydrogens (tertiary/aromatic N) is 2. The Hall–Kier alpha value is -1.14. The fraction of sp³-hybridized carbons (Fsp3) is 0.750. The maximum absolute atomic E-state index is 12.0. The highest BCUT2D eigenvalue weighted by Gasteiger charge is 2.34. The lowest BCUT2D eigenvalue weighted by Crippen LogP contribution is -2.55. The SMILES string of the molecule is Cc1csc(CCNC(=O)NCC2(N(C)C)CCCCC2)n1. The highest BCUT2D eigenvalue weighted by atomic mass is 32.1. The molecular formula is C16H28N4OS. The number of hydrogen-bond donors (Lipinski definition) is 2. The Balaban J connectivity index is 1.72. The smallest absolute Gasteiger partial charge is 0.314 e. The monoisotopic (exact) mass is 324 g/mol. The number of thiazole rings is 1. The zero-order valence-corrected chi connectivity index (χ0v) is 14.8. The van der Waals surface area contributed by atoms with Gasteiger partial charge in [-0.2, -0.15) is 0 Å². The van der Waals surface area contributed by atoms with Crippen molar-refractivity contribution in [1.29, 1.82) is 0 Å². The summed E-state index contributed by atoms with van der Waals surface area (Å²) in [5, 5.41) is 9.11. The van der Waals surface area contributed by atoms with E-state index in [1.807, 2.05) is 12.3 Å². The van der Waals surface area contributed by atoms with Gasteiger partial charge >= 0.3 is 6.03 Å². The standard InChI is InChI=1S/C16H28N4OS/c1-13-11-22-14(19-13)7-10-17-15(21)18-12-16(20(2)3)8-5-4-6-9-16/h11H,4-10,12H2,1-3H3,(H2,17,18,21). The van der Waals surface area contributed by atoms with Crippen molar-refractivity contribution >= 4 is 17.4 Å². The second-order valence-corrected chi connectivity index (χ2v) is 7.36. The third-order valence-electron chi connectivity index (χ3n) is 4.60. The minimum absolute atomic E-state index is 0.0694. The fourth-order valence-electron chi connectivity index (χ4n) is 3.10. The maximum atomic E-state index is 12.0. The molecule has 1 heterocycles. The van der Waals surface area contributed by atoms with E-state index >= 15 is 0 Å². The Bertz CT molecular complexity index is 480. The van der Waals surface area contributed by atoms with E-state index in [0.29, 0.717) is 6.54 Å². The number of amides is 2. The van der Waals surface area contributed by atoms with Crippen molar-refractivity contribution in [2.45, 2.75) is 51.0 Å². The van der Waals surface area contributed by atoms with Gasteiger partial charge in [0.05, 0.1) is 5.01 Å². The maximum Gasteiger partial charge on any atom is 0.314 e. The van der Waals surface area contributed by atoms with Crippen molar-refractivity contribution in [3.8, 4) is 0 Å². The Morgan fingerprint density at radius 3 is 2.64 bits per heavy atom. The number of hydrogen-bond acceptors (Lipinski definition) is 4. The Kier molecular flexibility index (Phi) is 6.20. The zero-order valence-electron chi connectivity index (χ0n) is 13.9. The van der Waals surface area contributed by atoms with Gasteiger partial charge in [0, 0.05) is 36.1 Å². The number of nitrogens with one attached hydrogen (secondary N) is 2. The van der Waals surface area contributed by atoms with Crippen LogP contribution in [0.25, 0.3) is 0 Å². The first-order chi connectivity index (χ1) is 10.5. The lowest BCUT2D eigenvalue weighted by atomic mass is 9.80. The highest BCUT2D eigenvalue weighted by molar-refractivity contribution is 7.09. The molecule has 1 aliphatic carbocycles. The van der Waals surface area contributed by atoms with Gasteiger partial charge in [0.2, 0.25) is 0 Å². The third-order valence-corrected chi connectivity index (χ3v) is 5.63. The summed E-state index contributed by atoms with van der Waals surface area (Å²) in [5.41, 5.74) is 1.18. The molecule has 0 atom stereocenters. The van der Waals surface area contributed by atoms with Gasteiger partial charge in [-0.25, -0.2) is 9.78 Å². The first kappa shape index (κ1) is 17.2. The second kappa shape index (κ2) is 7.92. The summed E-state index contributed by atoms with van der Waals surface area (Å²) in [6.07, 6.45) is 6.95. The highest BCUT2D eigenvalue weighted by Crippen LogP contribution is 2.31. The van der Waals surface area contributed by atoms with Gasteiger partial charge in [0.25, 0.3) is 0 Å². The summed E-state index contributed by atoms with van der Waals surface area (Å²) in [6, 6.07) is -0.0694. The molecule has 0 spiro atoms. The van der Waals surface area contributed by atoms with Gasteiger partial charge in [0.15, 0.2) is 0 Å². The molecule has 0 unspecified atom stereocenters. The molecule has 2 amide bonds. The van der Waals surface area contributed by atoms with E-state index < -0.39 is 0 Å². The number of rotatable bonds is 6. The third kappa shape index (κ3) is 4.68. The van der Waals surface area contributed by atoms with Crippen LogP contribution in [0, 0.1) is 6.92 Å². The molecule has 0 aliphatic heterocycles. The molecule has 6 heteroatoms. The molecule has 22 heavy (non-hydrogen) atoms. The van der Waals surface area contributed by atoms with Crippen LogP contribution in [0.4, 0.5) is 4.79 Å². The number of urea groups is 1. The molecule has 0 radical (unpaired) electrons. The summed E-state index contributed by atoms with van der Waals surface area (Å²) >= 11 is 1.65. The molecular weight excluding hydrogens is 296 g/mol. The van der Waals surface area contributed by atoms with Crippen LogP contribution in [0.3, 0.4) is 0 Å². The van der Waals surface area contributed by atoms with Gasteiger partial charge < -0.3 is 15.5 Å². The molecule has 0 bridgehead atoms. The number of carbonyl (C=O) groups excluding carboxylic acids is 1. The van der Waals surface area contributed by atoms with E-state index in [1.165, 1.54) is 32.1 Å². The van der Waals surface area contributed by atoms with Crippen LogP contribution in [0.2, 0.25) is 0 Å². The van der Waals surface area contributed by atoms with E-state index in [4.69, 9.17) is 0 Å². The molecule has 1 aromatic heterocycles. The van der Waals surface area contributed by atoms with Gasteiger partial charge in [-0.3, -0.25) is 0 Å². The van der Waals surface area contributed by atoms with Crippen molar-refractivity contribution in [3.05, 3.63) is 16.1 Å². The summed E-state index contributed by atoms with van der Waals surface area (Å²) in [6.45, 7) is 3.35. The second-order valence-electron chi connectivity index (χ2n) is 6.42. The summed E-state index contributed by atoms with van der Waals surface area (Å²) < 4.78 is 0. The van der Waals surface area contributed by atoms with E-state index in [-0.39, 0.29) is 11.6 Å².